The number of para-hydroxylation sites is 4. The molecule has 8 heterocycles. The summed E-state index contributed by atoms with van der Waals surface area (Å²) in [6.07, 6.45) is 23.2. The topological polar surface area (TPSA) is 124 Å². The number of amides is 1. The number of ether oxygens (including phenoxy) is 1. The Labute approximate surface area is 446 Å². The molecule has 0 spiro atoms. The number of fused-ring (bicyclic) bond motifs is 4. The third-order valence-electron chi connectivity index (χ3n) is 18.6. The van der Waals surface area contributed by atoms with Gasteiger partial charge in [-0.15, -0.1) is 12.4 Å². The van der Waals surface area contributed by atoms with Gasteiger partial charge in [-0.05, 0) is 108 Å². The molecule has 2 aromatic carbocycles. The van der Waals surface area contributed by atoms with Crippen molar-refractivity contribution in [3.63, 3.8) is 0 Å². The SMILES string of the molecule is CC(C)(C)OC(=O)N1CC2CN(c3nc4ccccc4n(C4CCN(C5CCCCCCC5)CC4)c3=O)CC2C1.Cl.O=c1c(N2CC3CNCC3C2)nc2ccccc2n1C1CCN(C2CCCCCCC2)CC1. The zero-order chi connectivity index (χ0) is 50.1. The second-order valence-corrected chi connectivity index (χ2v) is 24.6. The number of rotatable bonds is 6. The fourth-order valence-electron chi connectivity index (χ4n) is 14.7. The van der Waals surface area contributed by atoms with Gasteiger partial charge in [-0.1, -0.05) is 88.5 Å². The van der Waals surface area contributed by atoms with Crippen molar-refractivity contribution in [2.45, 2.75) is 166 Å². The zero-order valence-corrected chi connectivity index (χ0v) is 45.8. The third kappa shape index (κ3) is 11.7. The number of piperidine rings is 2. The molecule has 1 N–H and O–H groups in total. The normalized spacial score (nSPS) is 26.4. The van der Waals surface area contributed by atoms with Crippen molar-refractivity contribution in [1.82, 2.24) is 39.1 Å². The first-order valence-corrected chi connectivity index (χ1v) is 29.2. The van der Waals surface area contributed by atoms with Gasteiger partial charge in [0.15, 0.2) is 11.6 Å². The van der Waals surface area contributed by atoms with Crippen LogP contribution in [0.15, 0.2) is 58.1 Å². The number of aromatic nitrogens is 4. The van der Waals surface area contributed by atoms with Gasteiger partial charge in [0.05, 0.1) is 22.1 Å². The Morgan fingerprint density at radius 3 is 1.30 bits per heavy atom. The number of likely N-dealkylation sites (tertiary alicyclic amines) is 3. The molecule has 14 nitrogen and oxygen atoms in total. The number of hydrogen-bond donors (Lipinski definition) is 1. The summed E-state index contributed by atoms with van der Waals surface area (Å²) in [4.78, 5) is 62.3. The number of carbonyl (C=O) groups is 1. The molecule has 15 heteroatoms. The summed E-state index contributed by atoms with van der Waals surface area (Å²) in [5.41, 5.74) is 3.51. The first-order valence-electron chi connectivity index (χ1n) is 29.2. The van der Waals surface area contributed by atoms with E-state index in [0.717, 1.165) is 119 Å². The molecule has 404 valence electrons. The molecular weight excluding hydrogens is 948 g/mol. The van der Waals surface area contributed by atoms with E-state index < -0.39 is 5.60 Å². The average molecular weight is 1040 g/mol. The van der Waals surface area contributed by atoms with E-state index in [1.807, 2.05) is 49.9 Å². The van der Waals surface area contributed by atoms with Gasteiger partial charge in [0.1, 0.15) is 5.60 Å². The van der Waals surface area contributed by atoms with Crippen molar-refractivity contribution < 1.29 is 9.53 Å². The van der Waals surface area contributed by atoms with Crippen LogP contribution in [0.5, 0.6) is 0 Å². The summed E-state index contributed by atoms with van der Waals surface area (Å²) >= 11 is 0. The first-order chi connectivity index (χ1) is 35.5. The Morgan fingerprint density at radius 1 is 0.514 bits per heavy atom. The van der Waals surface area contributed by atoms with Crippen molar-refractivity contribution in [1.29, 1.82) is 0 Å². The van der Waals surface area contributed by atoms with Crippen molar-refractivity contribution >= 4 is 52.2 Å². The van der Waals surface area contributed by atoms with Crippen molar-refractivity contribution in [3.05, 3.63) is 69.2 Å². The molecule has 4 aromatic rings. The standard InChI is InChI=1S/C32H47N5O3.C27H39N5O.ClH/c1-32(2,3)40-31(39)36-21-23-19-35(20-24(23)22-36)29-30(38)37(28-14-10-9-13-27(28)33-29)26-15-17-34(18-16-26)25-11-7-5-4-6-8-12-25;33-27-26(31-18-20-16-28-17-21(20)19-31)29-24-10-6-7-11-25(24)32(27)23-12-14-30(15-13-23)22-8-4-2-1-3-5-9-22;/h9-10,13-14,23-26H,4-8,11-12,15-22H2,1-3H3;6-7,10-11,20-23,28H,1-5,8-9,12-19H2;1H. The van der Waals surface area contributed by atoms with Crippen molar-refractivity contribution in [2.24, 2.45) is 23.7 Å². The molecule has 4 unspecified atom stereocenters. The quantitative estimate of drug-likeness (QED) is 0.199. The summed E-state index contributed by atoms with van der Waals surface area (Å²) in [5.74, 6) is 3.24. The van der Waals surface area contributed by atoms with E-state index in [2.05, 4.69) is 58.3 Å². The lowest BCUT2D eigenvalue weighted by molar-refractivity contribution is 0.0282. The van der Waals surface area contributed by atoms with E-state index in [-0.39, 0.29) is 41.7 Å². The average Bonchev–Trinajstić information content (AvgIpc) is 4.17. The molecule has 74 heavy (non-hydrogen) atoms. The predicted molar refractivity (Wildman–Crippen MR) is 300 cm³/mol. The lowest BCUT2D eigenvalue weighted by Crippen LogP contribution is -2.44. The largest absolute Gasteiger partial charge is 0.444 e. The highest BCUT2D eigenvalue weighted by Crippen LogP contribution is 2.37. The van der Waals surface area contributed by atoms with Gasteiger partial charge in [0, 0.05) is 115 Å². The first kappa shape index (κ1) is 53.2. The molecule has 6 aliphatic heterocycles. The molecule has 12 rings (SSSR count). The fourth-order valence-corrected chi connectivity index (χ4v) is 14.7. The Kier molecular flexibility index (Phi) is 16.9. The summed E-state index contributed by atoms with van der Waals surface area (Å²) in [5, 5.41) is 3.51. The van der Waals surface area contributed by atoms with Gasteiger partial charge in [-0.25, -0.2) is 14.8 Å². The molecular formula is C59H87ClN10O4. The van der Waals surface area contributed by atoms with Crippen LogP contribution in [-0.2, 0) is 4.74 Å². The molecule has 2 aliphatic carbocycles. The van der Waals surface area contributed by atoms with Crippen LogP contribution >= 0.6 is 12.4 Å². The van der Waals surface area contributed by atoms with E-state index in [1.54, 1.807) is 0 Å². The second-order valence-electron chi connectivity index (χ2n) is 24.6. The molecule has 2 aromatic heterocycles. The Morgan fingerprint density at radius 2 is 0.892 bits per heavy atom. The van der Waals surface area contributed by atoms with Gasteiger partial charge in [-0.2, -0.15) is 0 Å². The smallest absolute Gasteiger partial charge is 0.410 e. The molecule has 0 bridgehead atoms. The van der Waals surface area contributed by atoms with Crippen LogP contribution in [0.4, 0.5) is 16.4 Å². The van der Waals surface area contributed by atoms with E-state index in [9.17, 15) is 14.4 Å². The van der Waals surface area contributed by atoms with Crippen molar-refractivity contribution in [2.75, 3.05) is 88.3 Å². The van der Waals surface area contributed by atoms with E-state index >= 15 is 0 Å². The van der Waals surface area contributed by atoms with E-state index in [1.165, 1.54) is 89.9 Å². The van der Waals surface area contributed by atoms with Gasteiger partial charge in [0.25, 0.3) is 11.1 Å². The highest BCUT2D eigenvalue weighted by molar-refractivity contribution is 5.85. The van der Waals surface area contributed by atoms with E-state index in [0.29, 0.717) is 54.4 Å². The van der Waals surface area contributed by atoms with Gasteiger partial charge >= 0.3 is 6.09 Å². The lowest BCUT2D eigenvalue weighted by Gasteiger charge is -2.39. The van der Waals surface area contributed by atoms with Crippen molar-refractivity contribution in [3.8, 4) is 0 Å². The maximum atomic E-state index is 14.1. The summed E-state index contributed by atoms with van der Waals surface area (Å²) in [7, 11) is 0. The van der Waals surface area contributed by atoms with Crippen LogP contribution in [0.1, 0.15) is 148 Å². The van der Waals surface area contributed by atoms with Gasteiger partial charge in [-0.3, -0.25) is 9.59 Å². The minimum absolute atomic E-state index is 0. The molecule has 2 saturated carbocycles. The summed E-state index contributed by atoms with van der Waals surface area (Å²) in [6.45, 7) is 17.0. The Balaban J connectivity index is 0.000000170. The number of nitrogens with zero attached hydrogens (tertiary/aromatic N) is 9. The highest BCUT2D eigenvalue weighted by Gasteiger charge is 2.44. The molecule has 8 fully saturated rings. The fraction of sp³-hybridized carbons (Fsp3) is 0.712. The van der Waals surface area contributed by atoms with Crippen LogP contribution in [0.3, 0.4) is 0 Å². The minimum atomic E-state index is -0.494. The minimum Gasteiger partial charge on any atom is -0.444 e. The maximum absolute atomic E-state index is 14.1. The summed E-state index contributed by atoms with van der Waals surface area (Å²) < 4.78 is 9.81. The second kappa shape index (κ2) is 23.6. The highest BCUT2D eigenvalue weighted by atomic mass is 35.5. The van der Waals surface area contributed by atoms with Gasteiger partial charge in [0.2, 0.25) is 0 Å². The zero-order valence-electron chi connectivity index (χ0n) is 45.0. The number of halogens is 1. The number of benzene rings is 2. The Bertz CT molecular complexity index is 2610. The number of anilines is 2. The molecule has 1 amide bonds. The van der Waals surface area contributed by atoms with Crippen LogP contribution in [0.2, 0.25) is 0 Å². The maximum Gasteiger partial charge on any atom is 0.410 e. The van der Waals surface area contributed by atoms with Crippen LogP contribution in [0, 0.1) is 23.7 Å². The van der Waals surface area contributed by atoms with Gasteiger partial charge < -0.3 is 43.7 Å². The molecule has 6 saturated heterocycles. The van der Waals surface area contributed by atoms with Crippen LogP contribution < -0.4 is 26.2 Å². The monoisotopic (exact) mass is 1030 g/mol. The summed E-state index contributed by atoms with van der Waals surface area (Å²) in [6, 6.07) is 18.4. The lowest BCUT2D eigenvalue weighted by atomic mass is 9.93. The number of hydrogen-bond acceptors (Lipinski definition) is 11. The molecule has 4 atom stereocenters. The number of carbonyl (C=O) groups excluding carboxylic acids is 1. The predicted octanol–water partition coefficient (Wildman–Crippen LogP) is 9.67. The Hall–Kier alpha value is -4.24. The van der Waals surface area contributed by atoms with E-state index in [4.69, 9.17) is 14.7 Å². The third-order valence-corrected chi connectivity index (χ3v) is 18.6. The van der Waals surface area contributed by atoms with Crippen LogP contribution in [0.25, 0.3) is 22.1 Å². The number of nitrogens with one attached hydrogen (secondary N) is 1. The van der Waals surface area contributed by atoms with Crippen LogP contribution in [-0.4, -0.2) is 136 Å². The molecule has 0 radical (unpaired) electrons. The molecule has 8 aliphatic rings.